The summed E-state index contributed by atoms with van der Waals surface area (Å²) >= 11 is 6.11. The lowest BCUT2D eigenvalue weighted by Crippen LogP contribution is -2.30. The number of sulfonamides is 1. The standard InChI is InChI=1S/C20H22ClNO6S/c1-4-22(5-2)29(25,26)15-11-12-17(21)16(13-15)19(23)28-18(20(24)27-3)14-9-7-6-8-10-14/h6-13,18H,4-5H2,1-3H3. The van der Waals surface area contributed by atoms with E-state index in [1.165, 1.54) is 23.5 Å². The first-order valence-electron chi connectivity index (χ1n) is 8.89. The molecule has 0 aliphatic carbocycles. The number of carbonyl (C=O) groups is 2. The van der Waals surface area contributed by atoms with E-state index in [0.717, 1.165) is 6.07 Å². The van der Waals surface area contributed by atoms with Crippen LogP contribution in [0.1, 0.15) is 35.9 Å². The molecule has 0 amide bonds. The lowest BCUT2D eigenvalue weighted by molar-refractivity contribution is -0.151. The normalized spacial score (nSPS) is 12.4. The fraction of sp³-hybridized carbons (Fsp3) is 0.300. The van der Waals surface area contributed by atoms with Crippen LogP contribution in [-0.4, -0.2) is 44.9 Å². The Morgan fingerprint density at radius 1 is 1.07 bits per heavy atom. The van der Waals surface area contributed by atoms with E-state index in [-0.39, 0.29) is 28.6 Å². The first kappa shape index (κ1) is 22.9. The van der Waals surface area contributed by atoms with Crippen molar-refractivity contribution in [3.63, 3.8) is 0 Å². The van der Waals surface area contributed by atoms with Crippen molar-refractivity contribution in [3.05, 3.63) is 64.7 Å². The summed E-state index contributed by atoms with van der Waals surface area (Å²) < 4.78 is 36.8. The summed E-state index contributed by atoms with van der Waals surface area (Å²) in [6.45, 7) is 3.99. The molecule has 0 aromatic heterocycles. The molecule has 0 aliphatic rings. The Labute approximate surface area is 175 Å². The Hall–Kier alpha value is -2.42. The van der Waals surface area contributed by atoms with Crippen molar-refractivity contribution in [2.75, 3.05) is 20.2 Å². The minimum Gasteiger partial charge on any atom is -0.466 e. The van der Waals surface area contributed by atoms with Crippen LogP contribution in [0, 0.1) is 0 Å². The quantitative estimate of drug-likeness (QED) is 0.585. The predicted octanol–water partition coefficient (Wildman–Crippen LogP) is 3.44. The maximum absolute atomic E-state index is 12.7. The fourth-order valence-corrected chi connectivity index (χ4v) is 4.37. The molecule has 0 fully saturated rings. The molecular formula is C20H22ClNO6S. The third-order valence-corrected chi connectivity index (χ3v) is 6.62. The fourth-order valence-electron chi connectivity index (χ4n) is 2.69. The van der Waals surface area contributed by atoms with E-state index in [1.807, 2.05) is 0 Å². The zero-order chi connectivity index (χ0) is 21.6. The molecule has 2 aromatic carbocycles. The van der Waals surface area contributed by atoms with Crippen LogP contribution in [-0.2, 0) is 24.3 Å². The first-order chi connectivity index (χ1) is 13.8. The van der Waals surface area contributed by atoms with Gasteiger partial charge in [0.25, 0.3) is 0 Å². The van der Waals surface area contributed by atoms with Crippen LogP contribution in [0.15, 0.2) is 53.4 Å². The van der Waals surface area contributed by atoms with Crippen LogP contribution in [0.2, 0.25) is 5.02 Å². The summed E-state index contributed by atoms with van der Waals surface area (Å²) in [5.41, 5.74) is 0.250. The van der Waals surface area contributed by atoms with Gasteiger partial charge in [-0.15, -0.1) is 0 Å². The Morgan fingerprint density at radius 2 is 1.69 bits per heavy atom. The second-order valence-corrected chi connectivity index (χ2v) is 8.30. The number of hydrogen-bond acceptors (Lipinski definition) is 6. The van der Waals surface area contributed by atoms with E-state index >= 15 is 0 Å². The topological polar surface area (TPSA) is 90.0 Å². The lowest BCUT2D eigenvalue weighted by Gasteiger charge is -2.19. The molecular weight excluding hydrogens is 418 g/mol. The number of hydrogen-bond donors (Lipinski definition) is 0. The summed E-state index contributed by atoms with van der Waals surface area (Å²) in [6, 6.07) is 12.1. The van der Waals surface area contributed by atoms with Gasteiger partial charge in [0.15, 0.2) is 0 Å². The highest BCUT2D eigenvalue weighted by molar-refractivity contribution is 7.89. The maximum atomic E-state index is 12.7. The van der Waals surface area contributed by atoms with Gasteiger partial charge in [-0.05, 0) is 18.2 Å². The average molecular weight is 440 g/mol. The third-order valence-electron chi connectivity index (χ3n) is 4.24. The van der Waals surface area contributed by atoms with Crippen LogP contribution in [0.25, 0.3) is 0 Å². The van der Waals surface area contributed by atoms with Crippen LogP contribution in [0.5, 0.6) is 0 Å². The highest BCUT2D eigenvalue weighted by Gasteiger charge is 2.29. The molecule has 0 bridgehead atoms. The molecule has 2 aromatic rings. The van der Waals surface area contributed by atoms with Crippen molar-refractivity contribution < 1.29 is 27.5 Å². The molecule has 0 spiro atoms. The van der Waals surface area contributed by atoms with Gasteiger partial charge in [0, 0.05) is 18.7 Å². The number of ether oxygens (including phenoxy) is 2. The Morgan fingerprint density at radius 3 is 2.24 bits per heavy atom. The number of nitrogens with zero attached hydrogens (tertiary/aromatic N) is 1. The molecule has 7 nitrogen and oxygen atoms in total. The van der Waals surface area contributed by atoms with Crippen molar-refractivity contribution >= 4 is 33.6 Å². The van der Waals surface area contributed by atoms with Gasteiger partial charge in [0.05, 0.1) is 22.6 Å². The Kier molecular flexibility index (Phi) is 7.78. The minimum atomic E-state index is -3.80. The molecule has 0 saturated carbocycles. The SMILES string of the molecule is CCN(CC)S(=O)(=O)c1ccc(Cl)c(C(=O)OC(C(=O)OC)c2ccccc2)c1. The van der Waals surface area contributed by atoms with Gasteiger partial charge in [0.2, 0.25) is 16.1 Å². The van der Waals surface area contributed by atoms with Crippen LogP contribution < -0.4 is 0 Å². The maximum Gasteiger partial charge on any atom is 0.351 e. The minimum absolute atomic E-state index is 0.00479. The van der Waals surface area contributed by atoms with Gasteiger partial charge in [-0.1, -0.05) is 55.8 Å². The molecule has 0 heterocycles. The molecule has 156 valence electrons. The molecule has 0 N–H and O–H groups in total. The van der Waals surface area contributed by atoms with Gasteiger partial charge in [-0.2, -0.15) is 4.31 Å². The molecule has 1 atom stereocenters. The van der Waals surface area contributed by atoms with E-state index in [9.17, 15) is 18.0 Å². The molecule has 0 aliphatic heterocycles. The second-order valence-electron chi connectivity index (χ2n) is 5.95. The number of carbonyl (C=O) groups excluding carboxylic acids is 2. The third kappa shape index (κ3) is 5.14. The first-order valence-corrected chi connectivity index (χ1v) is 10.7. The summed E-state index contributed by atoms with van der Waals surface area (Å²) in [5, 5.41) is 0.00479. The van der Waals surface area contributed by atoms with Crippen LogP contribution in [0.3, 0.4) is 0 Å². The van der Waals surface area contributed by atoms with E-state index < -0.39 is 28.1 Å². The number of benzene rings is 2. The summed E-state index contributed by atoms with van der Waals surface area (Å²) in [5.74, 6) is -1.71. The molecule has 0 saturated heterocycles. The molecule has 1 unspecified atom stereocenters. The molecule has 29 heavy (non-hydrogen) atoms. The Balaban J connectivity index is 2.40. The number of methoxy groups -OCH3 is 1. The number of rotatable bonds is 8. The van der Waals surface area contributed by atoms with E-state index in [4.69, 9.17) is 21.1 Å². The smallest absolute Gasteiger partial charge is 0.351 e. The van der Waals surface area contributed by atoms with Gasteiger partial charge < -0.3 is 9.47 Å². The second kappa shape index (κ2) is 9.87. The van der Waals surface area contributed by atoms with Crippen molar-refractivity contribution in [1.29, 1.82) is 0 Å². The number of esters is 2. The van der Waals surface area contributed by atoms with Gasteiger partial charge >= 0.3 is 11.9 Å². The summed E-state index contributed by atoms with van der Waals surface area (Å²) in [6.07, 6.45) is -1.31. The van der Waals surface area contributed by atoms with Crippen LogP contribution >= 0.6 is 11.6 Å². The molecule has 9 heteroatoms. The van der Waals surface area contributed by atoms with Gasteiger partial charge in [-0.3, -0.25) is 0 Å². The van der Waals surface area contributed by atoms with Crippen molar-refractivity contribution in [2.45, 2.75) is 24.8 Å². The van der Waals surface area contributed by atoms with Crippen molar-refractivity contribution in [2.24, 2.45) is 0 Å². The van der Waals surface area contributed by atoms with Gasteiger partial charge in [-0.25, -0.2) is 18.0 Å². The number of halogens is 1. The van der Waals surface area contributed by atoms with Crippen molar-refractivity contribution in [3.8, 4) is 0 Å². The predicted molar refractivity (Wildman–Crippen MR) is 108 cm³/mol. The summed E-state index contributed by atoms with van der Waals surface area (Å²) in [4.78, 5) is 24.8. The highest BCUT2D eigenvalue weighted by atomic mass is 35.5. The molecule has 2 rings (SSSR count). The largest absolute Gasteiger partial charge is 0.466 e. The monoisotopic (exact) mass is 439 g/mol. The van der Waals surface area contributed by atoms with Crippen molar-refractivity contribution in [1.82, 2.24) is 4.31 Å². The highest BCUT2D eigenvalue weighted by Crippen LogP contribution is 2.27. The Bertz CT molecular complexity index is 974. The van der Waals surface area contributed by atoms with Gasteiger partial charge in [0.1, 0.15) is 0 Å². The molecule has 0 radical (unpaired) electrons. The van der Waals surface area contributed by atoms with E-state index in [1.54, 1.807) is 44.2 Å². The zero-order valence-corrected chi connectivity index (χ0v) is 17.9. The average Bonchev–Trinajstić information content (AvgIpc) is 2.72. The summed E-state index contributed by atoms with van der Waals surface area (Å²) in [7, 11) is -2.62. The van der Waals surface area contributed by atoms with E-state index in [2.05, 4.69) is 0 Å². The van der Waals surface area contributed by atoms with Crippen LogP contribution in [0.4, 0.5) is 0 Å². The lowest BCUT2D eigenvalue weighted by atomic mass is 10.1. The zero-order valence-electron chi connectivity index (χ0n) is 16.3. The van der Waals surface area contributed by atoms with E-state index in [0.29, 0.717) is 5.56 Å².